The molecule has 0 aromatic heterocycles. The third-order valence-corrected chi connectivity index (χ3v) is 2.57. The molecule has 4 N–H and O–H groups in total. The fourth-order valence-electron chi connectivity index (χ4n) is 1.44. The summed E-state index contributed by atoms with van der Waals surface area (Å²) < 4.78 is 0. The van der Waals surface area contributed by atoms with Gasteiger partial charge in [0.2, 0.25) is 5.91 Å². The highest BCUT2D eigenvalue weighted by atomic mass is 16.3. The first-order valence-corrected chi connectivity index (χ1v) is 6.19. The van der Waals surface area contributed by atoms with Crippen LogP contribution in [0.4, 0.5) is 0 Å². The van der Waals surface area contributed by atoms with E-state index in [-0.39, 0.29) is 18.6 Å². The lowest BCUT2D eigenvalue weighted by molar-refractivity contribution is -0.121. The normalized spacial score (nSPS) is 14.5. The molecular weight excluding hydrogens is 204 g/mol. The van der Waals surface area contributed by atoms with Crippen molar-refractivity contribution in [3.8, 4) is 0 Å². The fourth-order valence-corrected chi connectivity index (χ4v) is 1.44. The van der Waals surface area contributed by atoms with E-state index in [0.717, 1.165) is 25.7 Å². The van der Waals surface area contributed by atoms with Gasteiger partial charge in [0.05, 0.1) is 0 Å². The number of nitrogens with two attached hydrogens (primary N) is 1. The molecule has 0 rings (SSSR count). The van der Waals surface area contributed by atoms with Crippen molar-refractivity contribution < 1.29 is 9.90 Å². The fraction of sp³-hybridized carbons (Fsp3) is 0.917. The molecule has 0 aliphatic heterocycles. The quantitative estimate of drug-likeness (QED) is 0.518. The minimum Gasteiger partial charge on any atom is -0.396 e. The van der Waals surface area contributed by atoms with Crippen molar-refractivity contribution in [3.63, 3.8) is 0 Å². The van der Waals surface area contributed by atoms with Gasteiger partial charge >= 0.3 is 0 Å². The summed E-state index contributed by atoms with van der Waals surface area (Å²) in [6, 6.07) is 0.179. The largest absolute Gasteiger partial charge is 0.396 e. The van der Waals surface area contributed by atoms with Crippen molar-refractivity contribution in [2.45, 2.75) is 52.0 Å². The second kappa shape index (κ2) is 9.60. The van der Waals surface area contributed by atoms with Crippen LogP contribution < -0.4 is 11.1 Å². The van der Waals surface area contributed by atoms with Gasteiger partial charge in [-0.05, 0) is 38.5 Å². The van der Waals surface area contributed by atoms with E-state index >= 15 is 0 Å². The smallest absolute Gasteiger partial charge is 0.219 e. The summed E-state index contributed by atoms with van der Waals surface area (Å²) >= 11 is 0. The van der Waals surface area contributed by atoms with Gasteiger partial charge in [-0.3, -0.25) is 4.79 Å². The Morgan fingerprint density at radius 3 is 2.56 bits per heavy atom. The minimum atomic E-state index is 0.109. The molecule has 2 unspecified atom stereocenters. The average Bonchev–Trinajstić information content (AvgIpc) is 2.23. The Morgan fingerprint density at radius 1 is 1.31 bits per heavy atom. The maximum absolute atomic E-state index is 11.3. The number of hydrogen-bond donors (Lipinski definition) is 3. The van der Waals surface area contributed by atoms with Crippen molar-refractivity contribution in [3.05, 3.63) is 0 Å². The molecule has 0 aliphatic carbocycles. The van der Waals surface area contributed by atoms with Gasteiger partial charge in [-0.15, -0.1) is 0 Å². The Labute approximate surface area is 98.6 Å². The van der Waals surface area contributed by atoms with Crippen LogP contribution in [0, 0.1) is 5.92 Å². The predicted molar refractivity (Wildman–Crippen MR) is 66.0 cm³/mol. The number of aliphatic hydroxyl groups excluding tert-OH is 1. The molecule has 0 saturated carbocycles. The van der Waals surface area contributed by atoms with Gasteiger partial charge in [-0.2, -0.15) is 0 Å². The average molecular weight is 230 g/mol. The van der Waals surface area contributed by atoms with Crippen LogP contribution in [0.15, 0.2) is 0 Å². The number of rotatable bonds is 9. The molecule has 0 fully saturated rings. The van der Waals surface area contributed by atoms with E-state index in [2.05, 4.69) is 5.32 Å². The monoisotopic (exact) mass is 230 g/mol. The summed E-state index contributed by atoms with van der Waals surface area (Å²) in [6.45, 7) is 4.89. The zero-order valence-electron chi connectivity index (χ0n) is 10.5. The molecule has 0 heterocycles. The molecule has 0 bridgehead atoms. The van der Waals surface area contributed by atoms with Crippen LogP contribution in [0.2, 0.25) is 0 Å². The first kappa shape index (κ1) is 15.4. The number of carbonyl (C=O) groups excluding carboxylic acids is 1. The Kier molecular flexibility index (Phi) is 9.24. The van der Waals surface area contributed by atoms with Gasteiger partial charge in [0.25, 0.3) is 0 Å². The van der Waals surface area contributed by atoms with Crippen LogP contribution in [0.5, 0.6) is 0 Å². The molecule has 4 heteroatoms. The van der Waals surface area contributed by atoms with Crippen LogP contribution in [0.25, 0.3) is 0 Å². The van der Waals surface area contributed by atoms with Gasteiger partial charge < -0.3 is 16.2 Å². The zero-order chi connectivity index (χ0) is 12.4. The third-order valence-electron chi connectivity index (χ3n) is 2.57. The van der Waals surface area contributed by atoms with Crippen LogP contribution in [-0.4, -0.2) is 30.2 Å². The summed E-state index contributed by atoms with van der Waals surface area (Å²) in [5.41, 5.74) is 5.59. The summed E-state index contributed by atoms with van der Waals surface area (Å²) in [6.07, 6.45) is 4.21. The van der Waals surface area contributed by atoms with Crippen LogP contribution in [0.3, 0.4) is 0 Å². The van der Waals surface area contributed by atoms with Gasteiger partial charge in [0.1, 0.15) is 0 Å². The molecule has 1 amide bonds. The van der Waals surface area contributed by atoms with Crippen LogP contribution >= 0.6 is 0 Å². The standard InChI is InChI=1S/C12H26N2O2/c1-10(9-15)5-4-8-14-12(16)7-3-6-11(2)13/h10-11,15H,3-9,13H2,1-2H3,(H,14,16). The molecule has 0 saturated heterocycles. The molecule has 0 aliphatic rings. The first-order valence-electron chi connectivity index (χ1n) is 6.19. The van der Waals surface area contributed by atoms with Gasteiger partial charge in [0, 0.05) is 25.6 Å². The highest BCUT2D eigenvalue weighted by Gasteiger charge is 2.03. The number of carbonyl (C=O) groups is 1. The number of hydrogen-bond acceptors (Lipinski definition) is 3. The second-order valence-electron chi connectivity index (χ2n) is 4.65. The van der Waals surface area contributed by atoms with Gasteiger partial charge in [-0.1, -0.05) is 6.92 Å². The number of aliphatic hydroxyl groups is 1. The van der Waals surface area contributed by atoms with Crippen LogP contribution in [0.1, 0.15) is 46.0 Å². The lowest BCUT2D eigenvalue weighted by atomic mass is 10.1. The summed E-state index contributed by atoms with van der Waals surface area (Å²) in [4.78, 5) is 11.3. The second-order valence-corrected chi connectivity index (χ2v) is 4.65. The summed E-state index contributed by atoms with van der Waals surface area (Å²) in [5.74, 6) is 0.437. The van der Waals surface area contributed by atoms with Crippen molar-refractivity contribution >= 4 is 5.91 Å². The molecule has 96 valence electrons. The van der Waals surface area contributed by atoms with Crippen molar-refractivity contribution in [1.82, 2.24) is 5.32 Å². The lowest BCUT2D eigenvalue weighted by Crippen LogP contribution is -2.25. The van der Waals surface area contributed by atoms with E-state index in [1.54, 1.807) is 0 Å². The Hall–Kier alpha value is -0.610. The van der Waals surface area contributed by atoms with Gasteiger partial charge in [0.15, 0.2) is 0 Å². The zero-order valence-corrected chi connectivity index (χ0v) is 10.5. The Morgan fingerprint density at radius 2 is 2.00 bits per heavy atom. The lowest BCUT2D eigenvalue weighted by Gasteiger charge is -2.09. The molecule has 0 spiro atoms. The molecule has 16 heavy (non-hydrogen) atoms. The summed E-state index contributed by atoms with van der Waals surface area (Å²) in [5, 5.41) is 11.7. The first-order chi connectivity index (χ1) is 7.56. The highest BCUT2D eigenvalue weighted by molar-refractivity contribution is 5.75. The third kappa shape index (κ3) is 9.93. The van der Waals surface area contributed by atoms with Crippen molar-refractivity contribution in [1.29, 1.82) is 0 Å². The van der Waals surface area contributed by atoms with E-state index in [1.807, 2.05) is 13.8 Å². The SMILES string of the molecule is CC(N)CCCC(=O)NCCCC(C)CO. The number of nitrogens with one attached hydrogen (secondary N) is 1. The Bertz CT molecular complexity index is 184. The topological polar surface area (TPSA) is 75.4 Å². The molecule has 2 atom stereocenters. The number of amides is 1. The van der Waals surface area contributed by atoms with E-state index in [1.165, 1.54) is 0 Å². The van der Waals surface area contributed by atoms with E-state index < -0.39 is 0 Å². The van der Waals surface area contributed by atoms with E-state index in [9.17, 15) is 4.79 Å². The molecule has 4 nitrogen and oxygen atoms in total. The van der Waals surface area contributed by atoms with Gasteiger partial charge in [-0.25, -0.2) is 0 Å². The highest BCUT2D eigenvalue weighted by Crippen LogP contribution is 2.03. The van der Waals surface area contributed by atoms with E-state index in [0.29, 0.717) is 18.9 Å². The molecular formula is C12H26N2O2. The Balaban J connectivity index is 3.30. The molecule has 0 aromatic rings. The summed E-state index contributed by atoms with van der Waals surface area (Å²) in [7, 11) is 0. The van der Waals surface area contributed by atoms with Crippen molar-refractivity contribution in [2.24, 2.45) is 11.7 Å². The van der Waals surface area contributed by atoms with E-state index in [4.69, 9.17) is 10.8 Å². The van der Waals surface area contributed by atoms with Crippen LogP contribution in [-0.2, 0) is 4.79 Å². The maximum Gasteiger partial charge on any atom is 0.219 e. The minimum absolute atomic E-state index is 0.109. The molecule has 0 radical (unpaired) electrons. The molecule has 0 aromatic carbocycles. The predicted octanol–water partition coefficient (Wildman–Crippen LogP) is 1.03. The maximum atomic E-state index is 11.3. The van der Waals surface area contributed by atoms with Crippen molar-refractivity contribution in [2.75, 3.05) is 13.2 Å².